The highest BCUT2D eigenvalue weighted by molar-refractivity contribution is 6.30. The molecule has 0 aromatic heterocycles. The Morgan fingerprint density at radius 2 is 1.67 bits per heavy atom. The SMILES string of the molecule is C=C.C=C(Cl)C=C(C)C. The highest BCUT2D eigenvalue weighted by Crippen LogP contribution is 2.01. The summed E-state index contributed by atoms with van der Waals surface area (Å²) in [6.45, 7) is 13.4. The van der Waals surface area contributed by atoms with Crippen LogP contribution in [0.1, 0.15) is 13.8 Å². The Bertz CT molecular complexity index is 108. The Labute approximate surface area is 62.5 Å². The highest BCUT2D eigenvalue weighted by atomic mass is 35.5. The van der Waals surface area contributed by atoms with Crippen LogP contribution in [0.5, 0.6) is 0 Å². The molecule has 0 saturated heterocycles. The van der Waals surface area contributed by atoms with Gasteiger partial charge in [0.1, 0.15) is 0 Å². The van der Waals surface area contributed by atoms with Crippen LogP contribution in [-0.4, -0.2) is 0 Å². The molecule has 1 heteroatoms. The van der Waals surface area contributed by atoms with Gasteiger partial charge >= 0.3 is 0 Å². The Kier molecular flexibility index (Phi) is 9.45. The minimum Gasteiger partial charge on any atom is -0.106 e. The van der Waals surface area contributed by atoms with E-state index in [0.29, 0.717) is 5.03 Å². The number of rotatable bonds is 1. The third-order valence-corrected chi connectivity index (χ3v) is 0.554. The summed E-state index contributed by atoms with van der Waals surface area (Å²) in [7, 11) is 0. The van der Waals surface area contributed by atoms with Gasteiger partial charge in [-0.2, -0.15) is 0 Å². The second-order valence-corrected chi connectivity index (χ2v) is 2.15. The van der Waals surface area contributed by atoms with Gasteiger partial charge in [-0.05, 0) is 19.9 Å². The van der Waals surface area contributed by atoms with E-state index in [1.165, 1.54) is 5.57 Å². The van der Waals surface area contributed by atoms with Crippen molar-refractivity contribution in [2.45, 2.75) is 13.8 Å². The van der Waals surface area contributed by atoms with E-state index in [-0.39, 0.29) is 0 Å². The van der Waals surface area contributed by atoms with Crippen molar-refractivity contribution in [2.24, 2.45) is 0 Å². The van der Waals surface area contributed by atoms with Crippen molar-refractivity contribution >= 4 is 11.6 Å². The van der Waals surface area contributed by atoms with Gasteiger partial charge in [0, 0.05) is 5.03 Å². The van der Waals surface area contributed by atoms with E-state index in [1.807, 2.05) is 19.9 Å². The lowest BCUT2D eigenvalue weighted by atomic mass is 10.3. The maximum absolute atomic E-state index is 5.40. The predicted octanol–water partition coefficient (Wildman–Crippen LogP) is 3.51. The monoisotopic (exact) mass is 144 g/mol. The van der Waals surface area contributed by atoms with Crippen molar-refractivity contribution in [3.8, 4) is 0 Å². The molecule has 0 aromatic carbocycles. The summed E-state index contributed by atoms with van der Waals surface area (Å²) in [6.07, 6.45) is 1.82. The van der Waals surface area contributed by atoms with Crippen molar-refractivity contribution in [3.63, 3.8) is 0 Å². The molecule has 0 saturated carbocycles. The van der Waals surface area contributed by atoms with E-state index in [2.05, 4.69) is 19.7 Å². The summed E-state index contributed by atoms with van der Waals surface area (Å²) in [5.74, 6) is 0. The van der Waals surface area contributed by atoms with Crippen molar-refractivity contribution in [3.05, 3.63) is 36.4 Å². The van der Waals surface area contributed by atoms with Gasteiger partial charge in [0.2, 0.25) is 0 Å². The molecule has 0 radical (unpaired) electrons. The first-order valence-corrected chi connectivity index (χ1v) is 3.00. The molecule has 0 N–H and O–H groups in total. The van der Waals surface area contributed by atoms with Crippen LogP contribution in [0.15, 0.2) is 36.4 Å². The fourth-order valence-electron chi connectivity index (χ4n) is 0.313. The Hall–Kier alpha value is -0.490. The van der Waals surface area contributed by atoms with E-state index in [1.54, 1.807) is 0 Å². The molecule has 0 unspecified atom stereocenters. The number of allylic oxidation sites excluding steroid dienone is 3. The van der Waals surface area contributed by atoms with E-state index >= 15 is 0 Å². The fourth-order valence-corrected chi connectivity index (χ4v) is 0.531. The second-order valence-electron chi connectivity index (χ2n) is 1.67. The summed E-state index contributed by atoms with van der Waals surface area (Å²) in [6, 6.07) is 0. The summed E-state index contributed by atoms with van der Waals surface area (Å²) in [4.78, 5) is 0. The highest BCUT2D eigenvalue weighted by Gasteiger charge is 1.76. The third-order valence-electron chi connectivity index (χ3n) is 0.445. The first kappa shape index (κ1) is 11.3. The van der Waals surface area contributed by atoms with Crippen LogP contribution in [0.25, 0.3) is 0 Å². The Morgan fingerprint density at radius 3 is 1.67 bits per heavy atom. The van der Waals surface area contributed by atoms with Gasteiger partial charge in [0.25, 0.3) is 0 Å². The van der Waals surface area contributed by atoms with Gasteiger partial charge in [0.15, 0.2) is 0 Å². The molecule has 0 fully saturated rings. The zero-order chi connectivity index (χ0) is 7.86. The Morgan fingerprint density at radius 1 is 1.33 bits per heavy atom. The van der Waals surface area contributed by atoms with Crippen LogP contribution in [0, 0.1) is 0 Å². The maximum Gasteiger partial charge on any atom is 0.0333 e. The van der Waals surface area contributed by atoms with Gasteiger partial charge in [-0.15, -0.1) is 13.2 Å². The van der Waals surface area contributed by atoms with Crippen LogP contribution in [0.4, 0.5) is 0 Å². The van der Waals surface area contributed by atoms with E-state index in [0.717, 1.165) is 0 Å². The number of hydrogen-bond donors (Lipinski definition) is 0. The molecule has 0 aliphatic carbocycles. The first-order valence-electron chi connectivity index (χ1n) is 2.62. The van der Waals surface area contributed by atoms with Crippen LogP contribution in [0.2, 0.25) is 0 Å². The molecule has 0 aliphatic heterocycles. The summed E-state index contributed by atoms with van der Waals surface area (Å²) >= 11 is 5.40. The van der Waals surface area contributed by atoms with Crippen LogP contribution in [-0.2, 0) is 0 Å². The van der Waals surface area contributed by atoms with Crippen molar-refractivity contribution < 1.29 is 0 Å². The Balaban J connectivity index is 0. The molecule has 0 nitrogen and oxygen atoms in total. The van der Waals surface area contributed by atoms with Gasteiger partial charge in [-0.1, -0.05) is 23.8 Å². The van der Waals surface area contributed by atoms with Gasteiger partial charge < -0.3 is 0 Å². The molecule has 9 heavy (non-hydrogen) atoms. The summed E-state index contributed by atoms with van der Waals surface area (Å²) < 4.78 is 0. The molecule has 0 spiro atoms. The quantitative estimate of drug-likeness (QED) is 0.390. The lowest BCUT2D eigenvalue weighted by Crippen LogP contribution is -1.61. The lowest BCUT2D eigenvalue weighted by Gasteiger charge is -1.83. The van der Waals surface area contributed by atoms with Crippen molar-refractivity contribution in [1.29, 1.82) is 0 Å². The molecular formula is C8H13Cl. The van der Waals surface area contributed by atoms with E-state index in [9.17, 15) is 0 Å². The number of halogens is 1. The first-order chi connectivity index (χ1) is 4.13. The van der Waals surface area contributed by atoms with Crippen LogP contribution in [0.3, 0.4) is 0 Å². The average Bonchev–Trinajstić information content (AvgIpc) is 1.68. The average molecular weight is 145 g/mol. The largest absolute Gasteiger partial charge is 0.106 e. The zero-order valence-corrected chi connectivity index (χ0v) is 6.83. The van der Waals surface area contributed by atoms with Crippen LogP contribution < -0.4 is 0 Å². The van der Waals surface area contributed by atoms with E-state index in [4.69, 9.17) is 11.6 Å². The number of hydrogen-bond acceptors (Lipinski definition) is 0. The minimum atomic E-state index is 0.597. The predicted molar refractivity (Wildman–Crippen MR) is 45.7 cm³/mol. The van der Waals surface area contributed by atoms with Gasteiger partial charge in [-0.25, -0.2) is 0 Å². The van der Waals surface area contributed by atoms with E-state index < -0.39 is 0 Å². The molecule has 0 rings (SSSR count). The second kappa shape index (κ2) is 7.51. The topological polar surface area (TPSA) is 0 Å². The molecule has 0 heterocycles. The fraction of sp³-hybridized carbons (Fsp3) is 0.250. The van der Waals surface area contributed by atoms with Crippen molar-refractivity contribution in [2.75, 3.05) is 0 Å². The standard InChI is InChI=1S/C6H9Cl.C2H4/c1-5(2)4-6(3)7;1-2/h4H,3H2,1-2H3;1-2H2. The molecule has 0 amide bonds. The van der Waals surface area contributed by atoms with Gasteiger partial charge in [-0.3, -0.25) is 0 Å². The van der Waals surface area contributed by atoms with Gasteiger partial charge in [0.05, 0.1) is 0 Å². The molecule has 0 bridgehead atoms. The summed E-state index contributed by atoms with van der Waals surface area (Å²) in [5.41, 5.74) is 1.18. The minimum absolute atomic E-state index is 0.597. The van der Waals surface area contributed by atoms with Crippen molar-refractivity contribution in [1.82, 2.24) is 0 Å². The third kappa shape index (κ3) is 18.5. The molecule has 52 valence electrons. The maximum atomic E-state index is 5.40. The molecule has 0 aliphatic rings. The smallest absolute Gasteiger partial charge is 0.0333 e. The normalized spacial score (nSPS) is 6.56. The lowest BCUT2D eigenvalue weighted by molar-refractivity contribution is 1.39. The molecule has 0 atom stereocenters. The van der Waals surface area contributed by atoms with Crippen LogP contribution >= 0.6 is 11.6 Å². The molecule has 0 aromatic rings. The molecular weight excluding hydrogens is 132 g/mol. The summed E-state index contributed by atoms with van der Waals surface area (Å²) in [5, 5.41) is 0.597. The zero-order valence-electron chi connectivity index (χ0n) is 6.08.